The molecule has 13 heavy (non-hydrogen) atoms. The molecular weight excluding hydrogens is 178 g/mol. The van der Waals surface area contributed by atoms with Crippen LogP contribution in [0.3, 0.4) is 0 Å². The minimum Gasteiger partial charge on any atom is -0.316 e. The summed E-state index contributed by atoms with van der Waals surface area (Å²) in [6, 6.07) is 0. The first-order valence-corrected chi connectivity index (χ1v) is 6.87. The van der Waals surface area contributed by atoms with Gasteiger partial charge in [-0.2, -0.15) is 11.8 Å². The third kappa shape index (κ3) is 5.58. The molecule has 0 saturated carbocycles. The minimum absolute atomic E-state index is 0.987. The van der Waals surface area contributed by atoms with Crippen molar-refractivity contribution in [1.82, 2.24) is 5.32 Å². The first kappa shape index (κ1) is 11.4. The summed E-state index contributed by atoms with van der Waals surface area (Å²) in [5.74, 6) is 3.77. The fraction of sp³-hybridized carbons (Fsp3) is 1.00. The number of nitrogens with one attached hydrogen (secondary N) is 1. The van der Waals surface area contributed by atoms with Crippen LogP contribution in [-0.4, -0.2) is 24.6 Å². The van der Waals surface area contributed by atoms with E-state index in [1.807, 2.05) is 0 Å². The third-order valence-corrected chi connectivity index (χ3v) is 3.90. The van der Waals surface area contributed by atoms with Gasteiger partial charge < -0.3 is 5.32 Å². The highest BCUT2D eigenvalue weighted by Crippen LogP contribution is 2.14. The molecule has 1 aliphatic heterocycles. The Morgan fingerprint density at radius 2 is 1.92 bits per heavy atom. The molecule has 1 rings (SSSR count). The average Bonchev–Trinajstić information content (AvgIpc) is 2.07. The number of rotatable bonds is 8. The summed E-state index contributed by atoms with van der Waals surface area (Å²) >= 11 is 2.16. The summed E-state index contributed by atoms with van der Waals surface area (Å²) in [7, 11) is 0. The Kier molecular flexibility index (Phi) is 6.73. The number of thioether (sulfide) groups is 1. The molecule has 1 fully saturated rings. The van der Waals surface area contributed by atoms with E-state index < -0.39 is 0 Å². The molecule has 1 heterocycles. The van der Waals surface area contributed by atoms with Crippen LogP contribution in [0.1, 0.15) is 39.0 Å². The van der Waals surface area contributed by atoms with Crippen LogP contribution in [0.2, 0.25) is 0 Å². The highest BCUT2D eigenvalue weighted by Gasteiger charge is 2.15. The van der Waals surface area contributed by atoms with Gasteiger partial charge >= 0.3 is 0 Å². The molecule has 0 atom stereocenters. The topological polar surface area (TPSA) is 12.0 Å². The highest BCUT2D eigenvalue weighted by molar-refractivity contribution is 7.99. The average molecular weight is 201 g/mol. The lowest BCUT2D eigenvalue weighted by atomic mass is 10.1. The normalized spacial score (nSPS) is 17.3. The van der Waals surface area contributed by atoms with E-state index >= 15 is 0 Å². The lowest BCUT2D eigenvalue weighted by Gasteiger charge is -2.26. The molecule has 1 aliphatic rings. The summed E-state index contributed by atoms with van der Waals surface area (Å²) in [5, 5.41) is 3.32. The van der Waals surface area contributed by atoms with E-state index in [2.05, 4.69) is 24.0 Å². The molecule has 1 N–H and O–H groups in total. The number of hydrogen-bond acceptors (Lipinski definition) is 2. The number of hydrogen-bond donors (Lipinski definition) is 1. The highest BCUT2D eigenvalue weighted by atomic mass is 32.2. The molecule has 1 saturated heterocycles. The van der Waals surface area contributed by atoms with Crippen molar-refractivity contribution in [3.05, 3.63) is 0 Å². The fourth-order valence-corrected chi connectivity index (χ4v) is 2.67. The van der Waals surface area contributed by atoms with Crippen LogP contribution in [0.4, 0.5) is 0 Å². The smallest absolute Gasteiger partial charge is 0.0000326 e. The van der Waals surface area contributed by atoms with Crippen molar-refractivity contribution in [3.8, 4) is 0 Å². The van der Waals surface area contributed by atoms with Gasteiger partial charge in [0.25, 0.3) is 0 Å². The van der Waals surface area contributed by atoms with E-state index in [4.69, 9.17) is 0 Å². The molecule has 0 radical (unpaired) electrons. The maximum Gasteiger partial charge on any atom is -0.0000326 e. The van der Waals surface area contributed by atoms with Gasteiger partial charge in [-0.05, 0) is 36.9 Å². The number of unbranched alkanes of at least 4 members (excludes halogenated alkanes) is 4. The molecule has 0 aromatic rings. The maximum atomic E-state index is 3.32. The van der Waals surface area contributed by atoms with Gasteiger partial charge in [0, 0.05) is 0 Å². The zero-order valence-corrected chi connectivity index (χ0v) is 9.67. The second-order valence-corrected chi connectivity index (χ2v) is 5.16. The van der Waals surface area contributed by atoms with Crippen molar-refractivity contribution in [1.29, 1.82) is 0 Å². The van der Waals surface area contributed by atoms with Gasteiger partial charge in [0.1, 0.15) is 0 Å². The molecule has 0 aromatic heterocycles. The Morgan fingerprint density at radius 3 is 2.54 bits per heavy atom. The van der Waals surface area contributed by atoms with Crippen molar-refractivity contribution in [2.45, 2.75) is 39.0 Å². The predicted octanol–water partition coefficient (Wildman–Crippen LogP) is 2.91. The Morgan fingerprint density at radius 1 is 1.15 bits per heavy atom. The Balaban J connectivity index is 1.68. The minimum atomic E-state index is 0.987. The SMILES string of the molecule is CCCCCCCSCC1CNC1. The predicted molar refractivity (Wildman–Crippen MR) is 62.4 cm³/mol. The Labute approximate surface area is 87.1 Å². The molecule has 78 valence electrons. The molecule has 0 aliphatic carbocycles. The molecule has 0 aromatic carbocycles. The Hall–Kier alpha value is 0.310. The van der Waals surface area contributed by atoms with Gasteiger partial charge in [-0.1, -0.05) is 32.6 Å². The summed E-state index contributed by atoms with van der Waals surface area (Å²) in [4.78, 5) is 0. The van der Waals surface area contributed by atoms with Crippen molar-refractivity contribution in [3.63, 3.8) is 0 Å². The lowest BCUT2D eigenvalue weighted by Crippen LogP contribution is -2.43. The van der Waals surface area contributed by atoms with Gasteiger partial charge in [0.2, 0.25) is 0 Å². The van der Waals surface area contributed by atoms with Crippen molar-refractivity contribution in [2.75, 3.05) is 24.6 Å². The maximum absolute atomic E-state index is 3.32. The zero-order chi connectivity index (χ0) is 9.36. The summed E-state index contributed by atoms with van der Waals surface area (Å²) in [6.07, 6.45) is 7.12. The van der Waals surface area contributed by atoms with Gasteiger partial charge in [0.15, 0.2) is 0 Å². The third-order valence-electron chi connectivity index (χ3n) is 2.61. The van der Waals surface area contributed by atoms with Gasteiger partial charge in [-0.3, -0.25) is 0 Å². The van der Waals surface area contributed by atoms with E-state index in [1.54, 1.807) is 0 Å². The summed E-state index contributed by atoms with van der Waals surface area (Å²) < 4.78 is 0. The lowest BCUT2D eigenvalue weighted by molar-refractivity contribution is 0.385. The van der Waals surface area contributed by atoms with Crippen LogP contribution < -0.4 is 5.32 Å². The van der Waals surface area contributed by atoms with Crippen LogP contribution in [0.25, 0.3) is 0 Å². The molecule has 0 spiro atoms. The van der Waals surface area contributed by atoms with Gasteiger partial charge in [-0.15, -0.1) is 0 Å². The van der Waals surface area contributed by atoms with Crippen molar-refractivity contribution in [2.24, 2.45) is 5.92 Å². The Bertz CT molecular complexity index is 113. The van der Waals surface area contributed by atoms with E-state index in [-0.39, 0.29) is 0 Å². The molecule has 2 heteroatoms. The van der Waals surface area contributed by atoms with Crippen LogP contribution in [0, 0.1) is 5.92 Å². The summed E-state index contributed by atoms with van der Waals surface area (Å²) in [5.41, 5.74) is 0. The van der Waals surface area contributed by atoms with Crippen molar-refractivity contribution >= 4 is 11.8 Å². The first-order chi connectivity index (χ1) is 6.43. The standard InChI is InChI=1S/C11H23NS/c1-2-3-4-5-6-7-13-10-11-8-12-9-11/h11-12H,2-10H2,1H3. The summed E-state index contributed by atoms with van der Waals surface area (Å²) in [6.45, 7) is 4.81. The van der Waals surface area contributed by atoms with Gasteiger partial charge in [-0.25, -0.2) is 0 Å². The largest absolute Gasteiger partial charge is 0.316 e. The van der Waals surface area contributed by atoms with Crippen molar-refractivity contribution < 1.29 is 0 Å². The molecule has 0 unspecified atom stereocenters. The van der Waals surface area contributed by atoms with E-state index in [0.717, 1.165) is 5.92 Å². The van der Waals surface area contributed by atoms with Crippen LogP contribution in [0.15, 0.2) is 0 Å². The van der Waals surface area contributed by atoms with Crippen LogP contribution >= 0.6 is 11.8 Å². The zero-order valence-electron chi connectivity index (χ0n) is 8.85. The van der Waals surface area contributed by atoms with Crippen LogP contribution in [-0.2, 0) is 0 Å². The molecule has 0 amide bonds. The van der Waals surface area contributed by atoms with E-state index in [1.165, 1.54) is 56.7 Å². The fourth-order valence-electron chi connectivity index (χ4n) is 1.52. The molecule has 0 bridgehead atoms. The van der Waals surface area contributed by atoms with E-state index in [0.29, 0.717) is 0 Å². The molecule has 1 nitrogen and oxygen atoms in total. The van der Waals surface area contributed by atoms with Crippen LogP contribution in [0.5, 0.6) is 0 Å². The van der Waals surface area contributed by atoms with Gasteiger partial charge in [0.05, 0.1) is 0 Å². The second-order valence-electron chi connectivity index (χ2n) is 4.01. The first-order valence-electron chi connectivity index (χ1n) is 5.72. The monoisotopic (exact) mass is 201 g/mol. The quantitative estimate of drug-likeness (QED) is 0.606. The second kappa shape index (κ2) is 7.69. The molecular formula is C11H23NS. The van der Waals surface area contributed by atoms with E-state index in [9.17, 15) is 0 Å².